The molecule has 120 valence electrons. The molecule has 4 rings (SSSR count). The van der Waals surface area contributed by atoms with Crippen molar-refractivity contribution in [1.29, 1.82) is 0 Å². The summed E-state index contributed by atoms with van der Waals surface area (Å²) in [7, 11) is 0. The van der Waals surface area contributed by atoms with Crippen molar-refractivity contribution in [2.45, 2.75) is 24.8 Å². The summed E-state index contributed by atoms with van der Waals surface area (Å²) in [5.41, 5.74) is 3.13. The predicted molar refractivity (Wildman–Crippen MR) is 75.2 cm³/mol. The second-order valence-corrected chi connectivity index (χ2v) is 5.92. The molecule has 5 nitrogen and oxygen atoms in total. The summed E-state index contributed by atoms with van der Waals surface area (Å²) < 4.78 is 47.7. The zero-order valence-corrected chi connectivity index (χ0v) is 12.2. The number of aliphatic hydroxyl groups is 1. The highest BCUT2D eigenvalue weighted by Crippen LogP contribution is 2.50. The molecule has 0 saturated heterocycles. The van der Waals surface area contributed by atoms with E-state index in [1.165, 1.54) is 17.4 Å². The number of aromatic nitrogens is 2. The first kappa shape index (κ1) is 14.5. The van der Waals surface area contributed by atoms with Crippen molar-refractivity contribution < 1.29 is 27.4 Å². The van der Waals surface area contributed by atoms with Crippen molar-refractivity contribution in [2.75, 3.05) is 0 Å². The van der Waals surface area contributed by atoms with Crippen LogP contribution >= 0.6 is 11.3 Å². The van der Waals surface area contributed by atoms with E-state index < -0.39 is 24.1 Å². The van der Waals surface area contributed by atoms with Crippen LogP contribution in [0, 0.1) is 0 Å². The van der Waals surface area contributed by atoms with Gasteiger partial charge in [-0.15, -0.1) is 24.5 Å². The standard InChI is InChI=1S/C14H9F3N2O3S/c15-14(16,17)22-13-7(6-2-10(6)20)1-8(9-3-23-5-19-9)12-11(13)18-4-21-12/h1,3-6,10,20H,2H2. The van der Waals surface area contributed by atoms with Crippen LogP contribution in [0.2, 0.25) is 0 Å². The van der Waals surface area contributed by atoms with Crippen LogP contribution in [-0.4, -0.2) is 27.5 Å². The lowest BCUT2D eigenvalue weighted by molar-refractivity contribution is -0.274. The fourth-order valence-corrected chi connectivity index (χ4v) is 3.12. The van der Waals surface area contributed by atoms with Crippen LogP contribution in [0.3, 0.4) is 0 Å². The molecule has 1 aromatic carbocycles. The van der Waals surface area contributed by atoms with Gasteiger partial charge < -0.3 is 14.3 Å². The molecule has 2 atom stereocenters. The molecule has 2 heterocycles. The molecule has 1 N–H and O–H groups in total. The lowest BCUT2D eigenvalue weighted by Gasteiger charge is -2.14. The summed E-state index contributed by atoms with van der Waals surface area (Å²) in [6.45, 7) is 0. The lowest BCUT2D eigenvalue weighted by Crippen LogP contribution is -2.18. The van der Waals surface area contributed by atoms with Gasteiger partial charge >= 0.3 is 6.36 Å². The van der Waals surface area contributed by atoms with E-state index in [1.54, 1.807) is 10.9 Å². The van der Waals surface area contributed by atoms with E-state index in [0.717, 1.165) is 6.39 Å². The quantitative estimate of drug-likeness (QED) is 0.786. The number of benzene rings is 1. The van der Waals surface area contributed by atoms with Crippen LogP contribution < -0.4 is 4.74 Å². The van der Waals surface area contributed by atoms with E-state index in [2.05, 4.69) is 14.7 Å². The normalized spacial score (nSPS) is 20.9. The Labute approximate surface area is 131 Å². The lowest BCUT2D eigenvalue weighted by atomic mass is 10.0. The third kappa shape index (κ3) is 2.55. The minimum atomic E-state index is -4.86. The monoisotopic (exact) mass is 342 g/mol. The number of alkyl halides is 3. The highest BCUT2D eigenvalue weighted by Gasteiger charge is 2.43. The minimum absolute atomic E-state index is 0.0260. The van der Waals surface area contributed by atoms with Crippen molar-refractivity contribution in [2.24, 2.45) is 0 Å². The number of rotatable bonds is 3. The molecular formula is C14H9F3N2O3S. The number of hydrogen-bond acceptors (Lipinski definition) is 6. The van der Waals surface area contributed by atoms with Crippen LogP contribution in [0.15, 0.2) is 27.8 Å². The summed E-state index contributed by atoms with van der Waals surface area (Å²) in [5.74, 6) is -0.826. The number of hydrogen-bond donors (Lipinski definition) is 1. The van der Waals surface area contributed by atoms with Gasteiger partial charge in [-0.05, 0) is 12.5 Å². The van der Waals surface area contributed by atoms with Crippen LogP contribution in [0.1, 0.15) is 17.9 Å². The summed E-state index contributed by atoms with van der Waals surface area (Å²) in [5, 5.41) is 11.4. The number of aliphatic hydroxyl groups excluding tert-OH is 1. The Hall–Kier alpha value is -2.13. The van der Waals surface area contributed by atoms with Gasteiger partial charge in [0.1, 0.15) is 0 Å². The Kier molecular flexibility index (Phi) is 3.10. The number of nitrogens with zero attached hydrogens (tertiary/aromatic N) is 2. The van der Waals surface area contributed by atoms with Gasteiger partial charge in [0.15, 0.2) is 23.2 Å². The van der Waals surface area contributed by atoms with Crippen molar-refractivity contribution in [3.8, 4) is 17.0 Å². The molecule has 0 spiro atoms. The molecule has 2 unspecified atom stereocenters. The molecule has 23 heavy (non-hydrogen) atoms. The van der Waals surface area contributed by atoms with E-state index in [9.17, 15) is 18.3 Å². The third-order valence-electron chi connectivity index (χ3n) is 3.67. The van der Waals surface area contributed by atoms with Crippen LogP contribution in [0.25, 0.3) is 22.4 Å². The fourth-order valence-electron chi connectivity index (χ4n) is 2.57. The number of halogens is 3. The number of thiazole rings is 1. The Morgan fingerprint density at radius 3 is 2.74 bits per heavy atom. The zero-order valence-electron chi connectivity index (χ0n) is 11.4. The summed E-state index contributed by atoms with van der Waals surface area (Å²) in [6, 6.07) is 1.53. The van der Waals surface area contributed by atoms with Crippen LogP contribution in [0.4, 0.5) is 13.2 Å². The summed E-state index contributed by atoms with van der Waals surface area (Å²) in [4.78, 5) is 8.04. The molecule has 9 heteroatoms. The molecule has 1 aliphatic rings. The Bertz CT molecular complexity index is 860. The molecule has 0 amide bonds. The SMILES string of the molecule is OC1CC1c1cc(-c2cscn2)c2ocnc2c1OC(F)(F)F. The Morgan fingerprint density at radius 2 is 2.13 bits per heavy atom. The number of oxazole rings is 1. The molecule has 2 aromatic heterocycles. The first-order valence-corrected chi connectivity index (χ1v) is 7.61. The zero-order chi connectivity index (χ0) is 16.2. The Morgan fingerprint density at radius 1 is 1.35 bits per heavy atom. The average Bonchev–Trinajstić information content (AvgIpc) is 2.95. The Balaban J connectivity index is 1.97. The number of ether oxygens (including phenoxy) is 1. The van der Waals surface area contributed by atoms with Gasteiger partial charge in [-0.25, -0.2) is 9.97 Å². The van der Waals surface area contributed by atoms with Gasteiger partial charge in [0, 0.05) is 22.4 Å². The van der Waals surface area contributed by atoms with Crippen LogP contribution in [0.5, 0.6) is 5.75 Å². The largest absolute Gasteiger partial charge is 0.573 e. The van der Waals surface area contributed by atoms with Crippen molar-refractivity contribution in [3.05, 3.63) is 28.9 Å². The first-order valence-electron chi connectivity index (χ1n) is 6.66. The maximum atomic E-state index is 12.8. The van der Waals surface area contributed by atoms with Crippen molar-refractivity contribution in [3.63, 3.8) is 0 Å². The van der Waals surface area contributed by atoms with E-state index >= 15 is 0 Å². The van der Waals surface area contributed by atoms with Gasteiger partial charge in [-0.3, -0.25) is 0 Å². The van der Waals surface area contributed by atoms with E-state index in [0.29, 0.717) is 17.7 Å². The molecule has 3 aromatic rings. The van der Waals surface area contributed by atoms with Gasteiger partial charge in [0.2, 0.25) is 0 Å². The smallest absolute Gasteiger partial charge is 0.443 e. The molecule has 0 aliphatic heterocycles. The maximum Gasteiger partial charge on any atom is 0.573 e. The predicted octanol–water partition coefficient (Wildman–Crippen LogP) is 3.70. The third-order valence-corrected chi connectivity index (χ3v) is 4.26. The average molecular weight is 342 g/mol. The molecule has 1 fully saturated rings. The molecular weight excluding hydrogens is 333 g/mol. The molecule has 1 aliphatic carbocycles. The van der Waals surface area contributed by atoms with Gasteiger partial charge in [0.25, 0.3) is 0 Å². The summed E-state index contributed by atoms with van der Waals surface area (Å²) >= 11 is 1.36. The van der Waals surface area contributed by atoms with Gasteiger partial charge in [0.05, 0.1) is 17.3 Å². The minimum Gasteiger partial charge on any atom is -0.443 e. The molecule has 1 saturated carbocycles. The molecule has 0 radical (unpaired) electrons. The van der Waals surface area contributed by atoms with Crippen LogP contribution in [-0.2, 0) is 0 Å². The maximum absolute atomic E-state index is 12.8. The van der Waals surface area contributed by atoms with Gasteiger partial charge in [-0.1, -0.05) is 0 Å². The topological polar surface area (TPSA) is 68.4 Å². The van der Waals surface area contributed by atoms with E-state index in [4.69, 9.17) is 4.42 Å². The first-order chi connectivity index (χ1) is 10.9. The number of fused-ring (bicyclic) bond motifs is 1. The highest BCUT2D eigenvalue weighted by molar-refractivity contribution is 7.07. The van der Waals surface area contributed by atoms with Crippen molar-refractivity contribution >= 4 is 22.4 Å². The highest BCUT2D eigenvalue weighted by atomic mass is 32.1. The summed E-state index contributed by atoms with van der Waals surface area (Å²) in [6.07, 6.45) is -4.09. The molecule has 0 bridgehead atoms. The second-order valence-electron chi connectivity index (χ2n) is 5.20. The van der Waals surface area contributed by atoms with E-state index in [1.807, 2.05) is 0 Å². The van der Waals surface area contributed by atoms with E-state index in [-0.39, 0.29) is 16.7 Å². The fraction of sp³-hybridized carbons (Fsp3) is 0.286. The second kappa shape index (κ2) is 4.93. The van der Waals surface area contributed by atoms with Crippen molar-refractivity contribution in [1.82, 2.24) is 9.97 Å². The van der Waals surface area contributed by atoms with Gasteiger partial charge in [-0.2, -0.15) is 0 Å².